The van der Waals surface area contributed by atoms with E-state index in [9.17, 15) is 79.1 Å². The molecule has 0 unspecified atom stereocenters. The van der Waals surface area contributed by atoms with Gasteiger partial charge in [0.05, 0.1) is 78.0 Å². The van der Waals surface area contributed by atoms with Gasteiger partial charge in [0.1, 0.15) is 37.3 Å². The first-order valence-electron chi connectivity index (χ1n) is 19.3. The molecule has 0 bridgehead atoms. The molecule has 0 aliphatic carbocycles. The molecular formula is C35H26ClN10Na5O22S7. The molecule has 0 saturated carbocycles. The SMILES string of the molecule is Nc1c(N=Nc2ccc(S(=O)(=O)CCOS(=O)(=O)[O-])cc2)c(S(=O)(=O)[O-])cc2cc(SOO[O-])c(N=Nc3cc(Nc4nc(Cl)nc(Nc5ccc(S(=O)(=O)CCOS(=O)(=O)[O-])cc5)n4)ccc3S(=O)(=O)[O-])c(O)c12.[Na+].[Na+].[Na+].[Na+].[Na+]. The Morgan fingerprint density at radius 1 is 0.600 bits per heavy atom. The molecule has 80 heavy (non-hydrogen) atoms. The number of hydrogen-bond donors (Lipinski definition) is 4. The number of aromatic hydroxyl groups is 1. The van der Waals surface area contributed by atoms with Crippen LogP contribution in [0.4, 0.5) is 51.7 Å². The minimum absolute atomic E-state index is 0. The van der Waals surface area contributed by atoms with E-state index in [1.807, 2.05) is 0 Å². The second-order valence-corrected chi connectivity index (χ2v) is 24.2. The molecule has 0 atom stereocenters. The standard InChI is InChI=1S/C35H31ClN10O22S7.5Na/c36-33-40-34(38-19-1-6-22(7-2-19)70(49,50)13-11-65-74(59,60)61)42-35(41-33)39-21-5-10-26(72(53,54)55)24(17-21)44-45-30-25(69-68-67-48)15-18-16-27(73(56,57)58)31(29(37)28(18)32(30)47)46-43-20-3-8-23(9-4-20)71(51,52)14-12-66-75(62,63)64;;;;;/h1-10,15-17,47-48H,11-14,37H2,(H,53,54,55)(H,56,57,58)(H,59,60,61)(H,62,63,64)(H2,38,39,40,41,42);;;;;/q;5*+1/p-5. The Hall–Kier alpha value is -1.25. The quantitative estimate of drug-likeness (QED) is 0.00676. The molecule has 6 rings (SSSR count). The van der Waals surface area contributed by atoms with E-state index in [-0.39, 0.29) is 199 Å². The van der Waals surface area contributed by atoms with Crippen LogP contribution in [-0.2, 0) is 78.4 Å². The van der Waals surface area contributed by atoms with E-state index in [2.05, 4.69) is 63.8 Å². The second-order valence-electron chi connectivity index (χ2n) is 14.1. The van der Waals surface area contributed by atoms with Crippen molar-refractivity contribution in [3.8, 4) is 5.75 Å². The van der Waals surface area contributed by atoms with E-state index in [4.69, 9.17) is 17.3 Å². The Balaban J connectivity index is 0.00000640. The normalized spacial score (nSPS) is 12.2. The zero-order chi connectivity index (χ0) is 55.3. The van der Waals surface area contributed by atoms with Crippen molar-refractivity contribution >= 4 is 147 Å². The van der Waals surface area contributed by atoms with E-state index in [1.54, 1.807) is 0 Å². The van der Waals surface area contributed by atoms with Gasteiger partial charge in [-0.05, 0) is 95.8 Å². The summed E-state index contributed by atoms with van der Waals surface area (Å²) in [4.78, 5) is 8.70. The number of benzene rings is 5. The summed E-state index contributed by atoms with van der Waals surface area (Å²) in [6, 6.07) is 13.2. The van der Waals surface area contributed by atoms with E-state index in [0.29, 0.717) is 6.07 Å². The fourth-order valence-electron chi connectivity index (χ4n) is 6.03. The summed E-state index contributed by atoms with van der Waals surface area (Å²) in [5.41, 5.74) is 3.04. The molecule has 0 spiro atoms. The van der Waals surface area contributed by atoms with Crippen LogP contribution < -0.4 is 169 Å². The topological polar surface area (TPSA) is 515 Å². The predicted octanol–water partition coefficient (Wildman–Crippen LogP) is -12.2. The Kier molecular flexibility index (Phi) is 30.6. The van der Waals surface area contributed by atoms with Crippen LogP contribution in [0.1, 0.15) is 0 Å². The van der Waals surface area contributed by atoms with Crippen molar-refractivity contribution in [3.63, 3.8) is 0 Å². The molecular weight excluding hydrogens is 1290 g/mol. The second kappa shape index (κ2) is 31.9. The van der Waals surface area contributed by atoms with Crippen LogP contribution in [0, 0.1) is 0 Å². The summed E-state index contributed by atoms with van der Waals surface area (Å²) in [5, 5.41) is 45.1. The molecule has 0 saturated heterocycles. The number of azo groups is 2. The fourth-order valence-corrected chi connectivity index (χ4v) is 10.9. The van der Waals surface area contributed by atoms with Crippen molar-refractivity contribution in [2.45, 2.75) is 24.5 Å². The third kappa shape index (κ3) is 21.9. The monoisotopic (exact) mass is 1310 g/mol. The van der Waals surface area contributed by atoms with E-state index >= 15 is 0 Å². The number of aromatic nitrogens is 3. The summed E-state index contributed by atoms with van der Waals surface area (Å²) in [7, 11) is -29.5. The van der Waals surface area contributed by atoms with Crippen molar-refractivity contribution in [1.82, 2.24) is 15.0 Å². The number of hydrogen-bond acceptors (Lipinski definition) is 33. The number of phenols is 1. The first-order chi connectivity index (χ1) is 34.8. The predicted molar refractivity (Wildman–Crippen MR) is 248 cm³/mol. The summed E-state index contributed by atoms with van der Waals surface area (Å²) in [6.07, 6.45) is 0. The summed E-state index contributed by atoms with van der Waals surface area (Å²) >= 11 is 6.14. The number of nitrogens with two attached hydrogens (primary N) is 1. The number of anilines is 5. The van der Waals surface area contributed by atoms with Gasteiger partial charge in [-0.3, -0.25) is 13.4 Å². The Labute approximate surface area is 574 Å². The average molecular weight is 1310 g/mol. The summed E-state index contributed by atoms with van der Waals surface area (Å²) in [5.74, 6) is -3.39. The van der Waals surface area contributed by atoms with Gasteiger partial charge in [0, 0.05) is 11.4 Å². The van der Waals surface area contributed by atoms with Gasteiger partial charge in [-0.2, -0.15) is 24.4 Å². The first-order valence-corrected chi connectivity index (χ1v) is 29.2. The molecule has 1 aromatic heterocycles. The third-order valence-corrected chi connectivity index (χ3v) is 16.0. The number of nitrogen functional groups attached to an aromatic ring is 1. The molecule has 5 aromatic carbocycles. The van der Waals surface area contributed by atoms with Crippen molar-refractivity contribution < 1.29 is 245 Å². The Morgan fingerprint density at radius 2 is 1.07 bits per heavy atom. The molecule has 0 fully saturated rings. The fraction of sp³-hybridized carbons (Fsp3) is 0.114. The number of halogens is 1. The molecule has 0 aliphatic rings. The van der Waals surface area contributed by atoms with Crippen LogP contribution in [0.25, 0.3) is 10.8 Å². The maximum atomic E-state index is 12.6. The minimum Gasteiger partial charge on any atom is -0.744 e. The molecule has 0 amide bonds. The van der Waals surface area contributed by atoms with Crippen molar-refractivity contribution in [2.24, 2.45) is 20.5 Å². The van der Waals surface area contributed by atoms with Crippen molar-refractivity contribution in [2.75, 3.05) is 41.1 Å². The molecule has 45 heteroatoms. The molecule has 5 N–H and O–H groups in total. The van der Waals surface area contributed by atoms with Gasteiger partial charge in [0.15, 0.2) is 25.4 Å². The Bertz CT molecular complexity index is 3980. The molecule has 32 nitrogen and oxygen atoms in total. The van der Waals surface area contributed by atoms with E-state index in [1.165, 1.54) is 12.1 Å². The molecule has 402 valence electrons. The number of phenolic OH excluding ortho intramolecular Hbond substituents is 1. The van der Waals surface area contributed by atoms with Crippen molar-refractivity contribution in [1.29, 1.82) is 0 Å². The zero-order valence-corrected chi connectivity index (χ0v) is 57.8. The average Bonchev–Trinajstić information content (AvgIpc) is 3.28. The summed E-state index contributed by atoms with van der Waals surface area (Å²) in [6.45, 7) is -1.93. The van der Waals surface area contributed by atoms with Crippen LogP contribution in [0.2, 0.25) is 5.28 Å². The number of nitrogens with zero attached hydrogens (tertiary/aromatic N) is 7. The maximum Gasteiger partial charge on any atom is 1.00 e. The minimum atomic E-state index is -5.51. The van der Waals surface area contributed by atoms with E-state index in [0.717, 1.165) is 60.7 Å². The number of nitrogens with one attached hydrogen (secondary N) is 2. The van der Waals surface area contributed by atoms with Gasteiger partial charge < -0.3 is 44.9 Å². The van der Waals surface area contributed by atoms with Crippen LogP contribution in [0.5, 0.6) is 5.75 Å². The summed E-state index contributed by atoms with van der Waals surface area (Å²) < 4.78 is 201. The molecule has 1 heterocycles. The van der Waals surface area contributed by atoms with E-state index < -0.39 is 144 Å². The van der Waals surface area contributed by atoms with Crippen LogP contribution >= 0.6 is 23.6 Å². The van der Waals surface area contributed by atoms with Crippen molar-refractivity contribution in [3.05, 3.63) is 84.1 Å². The smallest absolute Gasteiger partial charge is 0.744 e. The van der Waals surface area contributed by atoms with Crippen LogP contribution in [-0.4, -0.2) is 113 Å². The maximum absolute atomic E-state index is 12.6. The van der Waals surface area contributed by atoms with Gasteiger partial charge in [0.25, 0.3) is 0 Å². The first kappa shape index (κ1) is 76.8. The number of rotatable bonds is 23. The van der Waals surface area contributed by atoms with Crippen LogP contribution in [0.3, 0.4) is 0 Å². The van der Waals surface area contributed by atoms with Gasteiger partial charge in [-0.25, -0.2) is 50.5 Å². The molecule has 0 radical (unpaired) electrons. The largest absolute Gasteiger partial charge is 1.00 e. The number of sulfone groups is 2. The number of fused-ring (bicyclic) bond motifs is 1. The van der Waals surface area contributed by atoms with Crippen LogP contribution in [0.15, 0.2) is 124 Å². The molecule has 6 aromatic rings. The zero-order valence-electron chi connectivity index (χ0n) is 41.3. The van der Waals surface area contributed by atoms with Gasteiger partial charge in [-0.15, -0.1) is 15.3 Å². The Morgan fingerprint density at radius 3 is 1.56 bits per heavy atom. The molecule has 0 aliphatic heterocycles. The van der Waals surface area contributed by atoms with Gasteiger partial charge >= 0.3 is 148 Å². The van der Waals surface area contributed by atoms with Gasteiger partial charge in [0.2, 0.25) is 38.0 Å². The third-order valence-electron chi connectivity index (χ3n) is 9.18. The van der Waals surface area contributed by atoms with Gasteiger partial charge in [-0.1, -0.05) is 0 Å².